The van der Waals surface area contributed by atoms with E-state index in [0.29, 0.717) is 18.3 Å². The first-order valence-corrected chi connectivity index (χ1v) is 7.48. The van der Waals surface area contributed by atoms with Gasteiger partial charge in [0.25, 0.3) is 0 Å². The van der Waals surface area contributed by atoms with E-state index in [2.05, 4.69) is 39.1 Å². The fourth-order valence-electron chi connectivity index (χ4n) is 2.51. The molecule has 2 N–H and O–H groups in total. The first-order chi connectivity index (χ1) is 9.81. The van der Waals surface area contributed by atoms with Crippen LogP contribution in [0.2, 0.25) is 0 Å². The van der Waals surface area contributed by atoms with E-state index in [-0.39, 0.29) is 11.8 Å². The second-order valence-electron chi connectivity index (χ2n) is 6.43. The lowest BCUT2D eigenvalue weighted by molar-refractivity contribution is -0.139. The van der Waals surface area contributed by atoms with Gasteiger partial charge in [0.1, 0.15) is 0 Å². The third-order valence-corrected chi connectivity index (χ3v) is 4.07. The molecule has 1 aliphatic carbocycles. The van der Waals surface area contributed by atoms with Crippen LogP contribution >= 0.6 is 0 Å². The van der Waals surface area contributed by atoms with Gasteiger partial charge in [-0.15, -0.1) is 0 Å². The molecule has 1 aromatic carbocycles. The van der Waals surface area contributed by atoms with Crippen molar-refractivity contribution in [2.45, 2.75) is 46.0 Å². The number of nitrogens with one attached hydrogen (secondary N) is 1. The Bertz CT molecular complexity index is 563. The number of rotatable bonds is 5. The Morgan fingerprint density at radius 2 is 1.81 bits per heavy atom. The van der Waals surface area contributed by atoms with Crippen molar-refractivity contribution < 1.29 is 14.7 Å². The molecule has 1 aliphatic rings. The zero-order valence-corrected chi connectivity index (χ0v) is 13.0. The Morgan fingerprint density at radius 1 is 1.14 bits per heavy atom. The van der Waals surface area contributed by atoms with Crippen LogP contribution in [0.4, 0.5) is 5.69 Å². The minimum Gasteiger partial charge on any atom is -0.481 e. The highest BCUT2D eigenvalue weighted by molar-refractivity contribution is 5.98. The number of anilines is 1. The number of carbonyl (C=O) groups excluding carboxylic acids is 1. The van der Waals surface area contributed by atoms with Crippen LogP contribution in [0.25, 0.3) is 0 Å². The number of benzene rings is 1. The molecule has 1 saturated carbocycles. The van der Waals surface area contributed by atoms with Crippen molar-refractivity contribution in [3.8, 4) is 0 Å². The van der Waals surface area contributed by atoms with Crippen LogP contribution in [0.1, 0.15) is 57.1 Å². The minimum absolute atomic E-state index is 0.179. The SMILES string of the molecule is CC(C)c1ccc(NC(=O)[C@@H]2C[C@@H]2C(=O)O)c(C(C)C)c1. The summed E-state index contributed by atoms with van der Waals surface area (Å²) >= 11 is 0. The number of amides is 1. The maximum Gasteiger partial charge on any atom is 0.307 e. The highest BCUT2D eigenvalue weighted by Crippen LogP contribution is 2.40. The molecule has 1 aromatic rings. The molecule has 0 heterocycles. The maximum atomic E-state index is 12.1. The van der Waals surface area contributed by atoms with E-state index in [1.807, 2.05) is 12.1 Å². The molecule has 0 bridgehead atoms. The average molecular weight is 289 g/mol. The summed E-state index contributed by atoms with van der Waals surface area (Å²) in [7, 11) is 0. The lowest BCUT2D eigenvalue weighted by atomic mass is 9.94. The van der Waals surface area contributed by atoms with Crippen molar-refractivity contribution >= 4 is 17.6 Å². The van der Waals surface area contributed by atoms with Gasteiger partial charge >= 0.3 is 5.97 Å². The van der Waals surface area contributed by atoms with Gasteiger partial charge < -0.3 is 10.4 Å². The predicted octanol–water partition coefficient (Wildman–Crippen LogP) is 3.59. The fraction of sp³-hybridized carbons (Fsp3) is 0.529. The van der Waals surface area contributed by atoms with Crippen LogP contribution in [-0.2, 0) is 9.59 Å². The van der Waals surface area contributed by atoms with Crippen molar-refractivity contribution in [1.82, 2.24) is 0 Å². The second-order valence-corrected chi connectivity index (χ2v) is 6.43. The Kier molecular flexibility index (Phi) is 4.35. The van der Waals surface area contributed by atoms with Gasteiger partial charge in [0.15, 0.2) is 0 Å². The third kappa shape index (κ3) is 3.43. The summed E-state index contributed by atoms with van der Waals surface area (Å²) in [6, 6.07) is 6.08. The van der Waals surface area contributed by atoms with Gasteiger partial charge in [-0.2, -0.15) is 0 Å². The molecule has 0 aromatic heterocycles. The Balaban J connectivity index is 2.16. The van der Waals surface area contributed by atoms with Crippen LogP contribution in [0.3, 0.4) is 0 Å². The molecule has 21 heavy (non-hydrogen) atoms. The quantitative estimate of drug-likeness (QED) is 0.870. The molecule has 2 rings (SSSR count). The van der Waals surface area contributed by atoms with E-state index in [9.17, 15) is 9.59 Å². The topological polar surface area (TPSA) is 66.4 Å². The maximum absolute atomic E-state index is 12.1. The van der Waals surface area contributed by atoms with Crippen LogP contribution in [0.5, 0.6) is 0 Å². The normalized spacial score (nSPS) is 20.7. The van der Waals surface area contributed by atoms with Crippen molar-refractivity contribution in [3.05, 3.63) is 29.3 Å². The lowest BCUT2D eigenvalue weighted by Gasteiger charge is -2.17. The fourth-order valence-corrected chi connectivity index (χ4v) is 2.51. The van der Waals surface area contributed by atoms with E-state index in [4.69, 9.17) is 5.11 Å². The lowest BCUT2D eigenvalue weighted by Crippen LogP contribution is -2.18. The number of aliphatic carboxylic acids is 1. The van der Waals surface area contributed by atoms with E-state index >= 15 is 0 Å². The van der Waals surface area contributed by atoms with Gasteiger partial charge in [-0.1, -0.05) is 39.8 Å². The summed E-state index contributed by atoms with van der Waals surface area (Å²) < 4.78 is 0. The first kappa shape index (κ1) is 15.5. The van der Waals surface area contributed by atoms with Crippen LogP contribution in [-0.4, -0.2) is 17.0 Å². The number of carbonyl (C=O) groups is 2. The minimum atomic E-state index is -0.880. The van der Waals surface area contributed by atoms with Gasteiger partial charge in [-0.05, 0) is 35.4 Å². The predicted molar refractivity (Wildman–Crippen MR) is 82.5 cm³/mol. The summed E-state index contributed by atoms with van der Waals surface area (Å²) in [5.41, 5.74) is 3.14. The van der Waals surface area contributed by atoms with Crippen LogP contribution in [0.15, 0.2) is 18.2 Å². The number of hydrogen-bond donors (Lipinski definition) is 2. The monoisotopic (exact) mass is 289 g/mol. The Morgan fingerprint density at radius 3 is 2.29 bits per heavy atom. The smallest absolute Gasteiger partial charge is 0.307 e. The van der Waals surface area contributed by atoms with Crippen molar-refractivity contribution in [2.75, 3.05) is 5.32 Å². The molecule has 4 nitrogen and oxygen atoms in total. The molecule has 0 unspecified atom stereocenters. The summed E-state index contributed by atoms with van der Waals surface area (Å²) in [6.45, 7) is 8.46. The first-order valence-electron chi connectivity index (χ1n) is 7.48. The number of carboxylic acid groups (broad SMARTS) is 1. The summed E-state index contributed by atoms with van der Waals surface area (Å²) in [4.78, 5) is 23.0. The molecule has 0 spiro atoms. The van der Waals surface area contributed by atoms with Gasteiger partial charge in [0.05, 0.1) is 11.8 Å². The number of carboxylic acids is 1. The Labute approximate surface area is 125 Å². The van der Waals surface area contributed by atoms with E-state index < -0.39 is 11.9 Å². The zero-order valence-electron chi connectivity index (χ0n) is 13.0. The summed E-state index contributed by atoms with van der Waals surface area (Å²) in [5.74, 6) is -1.22. The molecule has 4 heteroatoms. The summed E-state index contributed by atoms with van der Waals surface area (Å²) in [5, 5.41) is 11.8. The highest BCUT2D eigenvalue weighted by atomic mass is 16.4. The molecule has 1 fully saturated rings. The Hall–Kier alpha value is -1.84. The van der Waals surface area contributed by atoms with Gasteiger partial charge in [-0.3, -0.25) is 9.59 Å². The summed E-state index contributed by atoms with van der Waals surface area (Å²) in [6.07, 6.45) is 0.447. The molecule has 2 atom stereocenters. The standard InChI is InChI=1S/C17H23NO3/c1-9(2)11-5-6-15(12(7-11)10(3)4)18-16(19)13-8-14(13)17(20)21/h5-7,9-10,13-14H,8H2,1-4H3,(H,18,19)(H,20,21)/t13-,14+/m1/s1. The van der Waals surface area contributed by atoms with Crippen molar-refractivity contribution in [1.29, 1.82) is 0 Å². The highest BCUT2D eigenvalue weighted by Gasteiger charge is 2.48. The van der Waals surface area contributed by atoms with Gasteiger partial charge in [-0.25, -0.2) is 0 Å². The van der Waals surface area contributed by atoms with Crippen molar-refractivity contribution in [3.63, 3.8) is 0 Å². The average Bonchev–Trinajstić information content (AvgIpc) is 3.18. The van der Waals surface area contributed by atoms with Crippen LogP contribution in [0, 0.1) is 11.8 Å². The molecular weight excluding hydrogens is 266 g/mol. The second kappa shape index (κ2) is 5.88. The zero-order chi connectivity index (χ0) is 15.7. The molecule has 0 saturated heterocycles. The number of hydrogen-bond acceptors (Lipinski definition) is 2. The molecular formula is C17H23NO3. The van der Waals surface area contributed by atoms with Crippen LogP contribution < -0.4 is 5.32 Å². The van der Waals surface area contributed by atoms with Crippen molar-refractivity contribution in [2.24, 2.45) is 11.8 Å². The van der Waals surface area contributed by atoms with E-state index in [0.717, 1.165) is 11.3 Å². The third-order valence-electron chi connectivity index (χ3n) is 4.07. The van der Waals surface area contributed by atoms with E-state index in [1.54, 1.807) is 0 Å². The molecule has 0 aliphatic heterocycles. The largest absolute Gasteiger partial charge is 0.481 e. The van der Waals surface area contributed by atoms with E-state index in [1.165, 1.54) is 5.56 Å². The van der Waals surface area contributed by atoms with Gasteiger partial charge in [0, 0.05) is 5.69 Å². The molecule has 114 valence electrons. The molecule has 0 radical (unpaired) electrons. The van der Waals surface area contributed by atoms with Gasteiger partial charge in [0.2, 0.25) is 5.91 Å². The molecule has 1 amide bonds.